The molecule has 0 aliphatic heterocycles. The molecule has 1 aliphatic carbocycles. The van der Waals surface area contributed by atoms with Crippen LogP contribution in [0.1, 0.15) is 19.3 Å². The van der Waals surface area contributed by atoms with Gasteiger partial charge < -0.3 is 9.16 Å². The summed E-state index contributed by atoms with van der Waals surface area (Å²) in [5.74, 6) is 0.458. The van der Waals surface area contributed by atoms with Crippen molar-refractivity contribution in [1.29, 1.82) is 0 Å². The third-order valence-corrected chi connectivity index (χ3v) is 4.86. The summed E-state index contributed by atoms with van der Waals surface area (Å²) in [6.45, 7) is 6.59. The highest BCUT2D eigenvalue weighted by Crippen LogP contribution is 2.40. The lowest BCUT2D eigenvalue weighted by molar-refractivity contribution is 0.0131. The van der Waals surface area contributed by atoms with Crippen molar-refractivity contribution in [3.63, 3.8) is 0 Å². The van der Waals surface area contributed by atoms with Gasteiger partial charge in [0.2, 0.25) is 0 Å². The Morgan fingerprint density at radius 2 is 1.95 bits per heavy atom. The fourth-order valence-electron chi connectivity index (χ4n) is 2.82. The van der Waals surface area contributed by atoms with E-state index < -0.39 is 8.32 Å². The van der Waals surface area contributed by atoms with E-state index in [0.717, 1.165) is 19.3 Å². The molecule has 2 nitrogen and oxygen atoms in total. The topological polar surface area (TPSA) is 18.5 Å². The molecule has 21 heavy (non-hydrogen) atoms. The molecule has 1 aliphatic rings. The van der Waals surface area contributed by atoms with E-state index in [1.54, 1.807) is 12.1 Å². The Morgan fingerprint density at radius 3 is 2.52 bits per heavy atom. The van der Waals surface area contributed by atoms with Gasteiger partial charge in [0.05, 0.1) is 0 Å². The Morgan fingerprint density at radius 1 is 1.29 bits per heavy atom. The van der Waals surface area contributed by atoms with Crippen molar-refractivity contribution >= 4 is 30.9 Å². The standard InChI is InChI=1S/C16H22FIO2Si/c1-21(2,3)20-16(11-12-18)10-4-5-15(16)19-14-8-6-13(17)7-9-14/h6-9,11-12,15H,4-5,10H2,1-3H3. The van der Waals surface area contributed by atoms with Crippen molar-refractivity contribution in [2.24, 2.45) is 0 Å². The van der Waals surface area contributed by atoms with Crippen LogP contribution in [0.25, 0.3) is 0 Å². The van der Waals surface area contributed by atoms with E-state index in [-0.39, 0.29) is 17.5 Å². The normalized spacial score (nSPS) is 26.4. The Kier molecular flexibility index (Phi) is 5.48. The first kappa shape index (κ1) is 17.0. The molecule has 1 aromatic carbocycles. The molecular formula is C16H22FIO2Si. The van der Waals surface area contributed by atoms with Crippen LogP contribution >= 0.6 is 22.6 Å². The van der Waals surface area contributed by atoms with Crippen molar-refractivity contribution in [3.05, 3.63) is 40.2 Å². The van der Waals surface area contributed by atoms with Gasteiger partial charge in [-0.2, -0.15) is 0 Å². The maximum Gasteiger partial charge on any atom is 0.185 e. The maximum atomic E-state index is 13.0. The molecule has 1 fully saturated rings. The van der Waals surface area contributed by atoms with Crippen LogP contribution in [0.4, 0.5) is 4.39 Å². The first-order valence-corrected chi connectivity index (χ1v) is 11.9. The number of ether oxygens (including phenoxy) is 1. The second-order valence-corrected chi connectivity index (χ2v) is 11.6. The minimum atomic E-state index is -1.69. The van der Waals surface area contributed by atoms with Gasteiger partial charge in [0.15, 0.2) is 8.32 Å². The van der Waals surface area contributed by atoms with Crippen molar-refractivity contribution in [1.82, 2.24) is 0 Å². The summed E-state index contributed by atoms with van der Waals surface area (Å²) in [4.78, 5) is 0. The van der Waals surface area contributed by atoms with Crippen LogP contribution in [0.3, 0.4) is 0 Å². The van der Waals surface area contributed by atoms with Crippen LogP contribution in [-0.4, -0.2) is 20.0 Å². The van der Waals surface area contributed by atoms with Gasteiger partial charge in [-0.15, -0.1) is 0 Å². The predicted molar refractivity (Wildman–Crippen MR) is 95.0 cm³/mol. The lowest BCUT2D eigenvalue weighted by Crippen LogP contribution is -2.48. The van der Waals surface area contributed by atoms with Crippen LogP contribution in [0.2, 0.25) is 19.6 Å². The van der Waals surface area contributed by atoms with Gasteiger partial charge in [-0.1, -0.05) is 22.6 Å². The van der Waals surface area contributed by atoms with Crippen LogP contribution in [0, 0.1) is 5.82 Å². The quantitative estimate of drug-likeness (QED) is 0.476. The second kappa shape index (κ2) is 6.79. The monoisotopic (exact) mass is 420 g/mol. The van der Waals surface area contributed by atoms with E-state index in [0.29, 0.717) is 5.75 Å². The van der Waals surface area contributed by atoms with Gasteiger partial charge in [0.25, 0.3) is 0 Å². The van der Waals surface area contributed by atoms with E-state index in [1.807, 2.05) is 4.08 Å². The zero-order valence-corrected chi connectivity index (χ0v) is 15.9. The largest absolute Gasteiger partial charge is 0.487 e. The Bertz CT molecular complexity index is 498. The van der Waals surface area contributed by atoms with Crippen molar-refractivity contribution in [3.8, 4) is 5.75 Å². The molecule has 0 bridgehead atoms. The summed E-state index contributed by atoms with van der Waals surface area (Å²) in [6.07, 6.45) is 5.14. The third-order valence-electron chi connectivity index (χ3n) is 3.51. The molecule has 0 amide bonds. The lowest BCUT2D eigenvalue weighted by Gasteiger charge is -2.38. The van der Waals surface area contributed by atoms with Crippen LogP contribution in [0.5, 0.6) is 5.75 Å². The first-order chi connectivity index (χ1) is 9.85. The highest BCUT2D eigenvalue weighted by molar-refractivity contribution is 14.1. The summed E-state index contributed by atoms with van der Waals surface area (Å²) in [5, 5.41) is 0. The number of benzene rings is 1. The third kappa shape index (κ3) is 4.53. The molecule has 5 heteroatoms. The van der Waals surface area contributed by atoms with Gasteiger partial charge in [0, 0.05) is 0 Å². The summed E-state index contributed by atoms with van der Waals surface area (Å²) in [7, 11) is -1.69. The van der Waals surface area contributed by atoms with Gasteiger partial charge >= 0.3 is 0 Å². The van der Waals surface area contributed by atoms with Crippen LogP contribution in [0.15, 0.2) is 34.4 Å². The smallest absolute Gasteiger partial charge is 0.185 e. The molecule has 0 saturated heterocycles. The number of rotatable bonds is 5. The average molecular weight is 420 g/mol. The van der Waals surface area contributed by atoms with Crippen LogP contribution in [-0.2, 0) is 4.43 Å². The first-order valence-electron chi connectivity index (χ1n) is 7.25. The van der Waals surface area contributed by atoms with Crippen molar-refractivity contribution in [2.75, 3.05) is 0 Å². The Balaban J connectivity index is 2.21. The molecule has 2 atom stereocenters. The number of hydrogen-bond acceptors (Lipinski definition) is 2. The molecule has 0 heterocycles. The Labute approximate surface area is 141 Å². The zero-order valence-electron chi connectivity index (χ0n) is 12.7. The minimum absolute atomic E-state index is 0.0132. The second-order valence-electron chi connectivity index (χ2n) is 6.41. The fourth-order valence-corrected chi connectivity index (χ4v) is 4.87. The molecule has 0 aromatic heterocycles. The van der Waals surface area contributed by atoms with Gasteiger partial charge in [-0.05, 0) is 73.3 Å². The van der Waals surface area contributed by atoms with E-state index in [1.165, 1.54) is 12.1 Å². The predicted octanol–water partition coefficient (Wildman–Crippen LogP) is 5.30. The van der Waals surface area contributed by atoms with Crippen molar-refractivity contribution in [2.45, 2.75) is 50.6 Å². The summed E-state index contributed by atoms with van der Waals surface area (Å²) < 4.78 is 27.6. The van der Waals surface area contributed by atoms with E-state index in [9.17, 15) is 4.39 Å². The molecule has 1 saturated carbocycles. The molecule has 1 aromatic rings. The highest BCUT2D eigenvalue weighted by atomic mass is 127. The molecule has 0 N–H and O–H groups in total. The zero-order chi connectivity index (χ0) is 15.5. The fraction of sp³-hybridized carbons (Fsp3) is 0.500. The molecule has 0 radical (unpaired) electrons. The summed E-state index contributed by atoms with van der Waals surface area (Å²) in [6, 6.07) is 6.22. The molecule has 0 spiro atoms. The van der Waals surface area contributed by atoms with E-state index in [4.69, 9.17) is 9.16 Å². The van der Waals surface area contributed by atoms with Gasteiger partial charge in [0.1, 0.15) is 23.3 Å². The molecule has 116 valence electrons. The number of halogens is 2. The SMILES string of the molecule is C[Si](C)(C)OC1(C=CI)CCCC1Oc1ccc(F)cc1. The van der Waals surface area contributed by atoms with E-state index >= 15 is 0 Å². The lowest BCUT2D eigenvalue weighted by atomic mass is 10.0. The van der Waals surface area contributed by atoms with Gasteiger partial charge in [-0.3, -0.25) is 0 Å². The molecular weight excluding hydrogens is 398 g/mol. The molecule has 2 rings (SSSR count). The molecule has 2 unspecified atom stereocenters. The average Bonchev–Trinajstić information content (AvgIpc) is 2.73. The minimum Gasteiger partial charge on any atom is -0.487 e. The van der Waals surface area contributed by atoms with E-state index in [2.05, 4.69) is 48.3 Å². The number of hydrogen-bond donors (Lipinski definition) is 0. The van der Waals surface area contributed by atoms with Gasteiger partial charge in [-0.25, -0.2) is 4.39 Å². The maximum absolute atomic E-state index is 13.0. The Hall–Kier alpha value is -0.403. The highest BCUT2D eigenvalue weighted by Gasteiger charge is 2.46. The van der Waals surface area contributed by atoms with Crippen LogP contribution < -0.4 is 4.74 Å². The van der Waals surface area contributed by atoms with Crippen molar-refractivity contribution < 1.29 is 13.6 Å². The summed E-state index contributed by atoms with van der Waals surface area (Å²) >= 11 is 2.23. The summed E-state index contributed by atoms with van der Waals surface area (Å²) in [5.41, 5.74) is -0.347.